The first-order chi connectivity index (χ1) is 11.6. The second-order valence-electron chi connectivity index (χ2n) is 5.48. The summed E-state index contributed by atoms with van der Waals surface area (Å²) in [6, 6.07) is 13.9. The zero-order valence-electron chi connectivity index (χ0n) is 13.9. The summed E-state index contributed by atoms with van der Waals surface area (Å²) < 4.78 is 5.37. The first kappa shape index (κ1) is 15.7. The molecule has 6 heteroatoms. The third-order valence-electron chi connectivity index (χ3n) is 3.48. The standard InChI is InChI=1S/C18H19N5O/c1-12-4-7-14(8-5-12)20-18-22-17(11-19-23-18)21-15-10-13(2)6-9-16(15)24-3/h4-11H,1-3H3,(H2,20,21,22,23). The molecule has 0 aliphatic rings. The number of methoxy groups -OCH3 is 1. The van der Waals surface area contributed by atoms with Crippen LogP contribution in [0, 0.1) is 13.8 Å². The molecule has 0 fully saturated rings. The highest BCUT2D eigenvalue weighted by Gasteiger charge is 2.06. The molecule has 1 aromatic heterocycles. The van der Waals surface area contributed by atoms with Gasteiger partial charge in [0, 0.05) is 5.69 Å². The highest BCUT2D eigenvalue weighted by atomic mass is 16.5. The maximum Gasteiger partial charge on any atom is 0.249 e. The van der Waals surface area contributed by atoms with Gasteiger partial charge in [0.1, 0.15) is 5.75 Å². The molecular weight excluding hydrogens is 302 g/mol. The number of rotatable bonds is 5. The quantitative estimate of drug-likeness (QED) is 0.740. The topological polar surface area (TPSA) is 72.0 Å². The average Bonchev–Trinajstić information content (AvgIpc) is 2.58. The third kappa shape index (κ3) is 3.78. The second kappa shape index (κ2) is 6.95. The molecule has 0 spiro atoms. The number of hydrogen-bond acceptors (Lipinski definition) is 6. The zero-order valence-corrected chi connectivity index (χ0v) is 13.9. The smallest absolute Gasteiger partial charge is 0.249 e. The van der Waals surface area contributed by atoms with Gasteiger partial charge in [0.2, 0.25) is 5.95 Å². The van der Waals surface area contributed by atoms with Gasteiger partial charge in [-0.05, 0) is 43.7 Å². The summed E-state index contributed by atoms with van der Waals surface area (Å²) in [6.45, 7) is 4.06. The van der Waals surface area contributed by atoms with Gasteiger partial charge in [0.25, 0.3) is 0 Å². The van der Waals surface area contributed by atoms with Gasteiger partial charge in [-0.25, -0.2) is 0 Å². The Hall–Kier alpha value is -3.15. The number of nitrogens with zero attached hydrogens (tertiary/aromatic N) is 3. The molecule has 122 valence electrons. The van der Waals surface area contributed by atoms with Gasteiger partial charge in [-0.2, -0.15) is 10.1 Å². The van der Waals surface area contributed by atoms with E-state index in [4.69, 9.17) is 4.74 Å². The van der Waals surface area contributed by atoms with E-state index in [2.05, 4.69) is 25.8 Å². The number of aromatic nitrogens is 3. The van der Waals surface area contributed by atoms with Gasteiger partial charge in [0.05, 0.1) is 19.0 Å². The van der Waals surface area contributed by atoms with Gasteiger partial charge in [-0.15, -0.1) is 5.10 Å². The van der Waals surface area contributed by atoms with E-state index in [0.717, 1.165) is 22.7 Å². The van der Waals surface area contributed by atoms with Crippen molar-refractivity contribution in [3.8, 4) is 5.75 Å². The number of nitrogens with one attached hydrogen (secondary N) is 2. The molecule has 3 aromatic rings. The van der Waals surface area contributed by atoms with Crippen LogP contribution >= 0.6 is 0 Å². The second-order valence-corrected chi connectivity index (χ2v) is 5.48. The van der Waals surface area contributed by atoms with Crippen molar-refractivity contribution in [3.63, 3.8) is 0 Å². The zero-order chi connectivity index (χ0) is 16.9. The Labute approximate surface area is 140 Å². The molecule has 2 N–H and O–H groups in total. The van der Waals surface area contributed by atoms with Crippen LogP contribution in [0.25, 0.3) is 0 Å². The van der Waals surface area contributed by atoms with E-state index in [1.807, 2.05) is 56.3 Å². The van der Waals surface area contributed by atoms with Crippen molar-refractivity contribution in [2.75, 3.05) is 17.7 Å². The first-order valence-corrected chi connectivity index (χ1v) is 7.59. The minimum absolute atomic E-state index is 0.426. The molecule has 0 atom stereocenters. The van der Waals surface area contributed by atoms with Crippen molar-refractivity contribution in [1.29, 1.82) is 0 Å². The molecule has 6 nitrogen and oxygen atoms in total. The molecule has 0 unspecified atom stereocenters. The van der Waals surface area contributed by atoms with E-state index in [1.165, 1.54) is 5.56 Å². The molecule has 1 heterocycles. The summed E-state index contributed by atoms with van der Waals surface area (Å²) in [5.74, 6) is 1.76. The highest BCUT2D eigenvalue weighted by molar-refractivity contribution is 5.65. The Balaban J connectivity index is 1.80. The summed E-state index contributed by atoms with van der Waals surface area (Å²) in [6.07, 6.45) is 1.57. The Morgan fingerprint density at radius 2 is 1.67 bits per heavy atom. The third-order valence-corrected chi connectivity index (χ3v) is 3.48. The molecule has 24 heavy (non-hydrogen) atoms. The van der Waals surface area contributed by atoms with Crippen LogP contribution in [0.2, 0.25) is 0 Å². The lowest BCUT2D eigenvalue weighted by molar-refractivity contribution is 0.416. The van der Waals surface area contributed by atoms with E-state index in [-0.39, 0.29) is 0 Å². The van der Waals surface area contributed by atoms with Crippen LogP contribution in [0.5, 0.6) is 5.75 Å². The lowest BCUT2D eigenvalue weighted by atomic mass is 10.2. The molecule has 0 saturated carbocycles. The molecule has 0 radical (unpaired) electrons. The Morgan fingerprint density at radius 1 is 0.917 bits per heavy atom. The lowest BCUT2D eigenvalue weighted by Gasteiger charge is -2.12. The number of ether oxygens (including phenoxy) is 1. The fourth-order valence-electron chi connectivity index (χ4n) is 2.24. The fourth-order valence-corrected chi connectivity index (χ4v) is 2.24. The maximum atomic E-state index is 5.37. The van der Waals surface area contributed by atoms with Crippen LogP contribution in [-0.4, -0.2) is 22.3 Å². The number of anilines is 4. The predicted octanol–water partition coefficient (Wildman–Crippen LogP) is 3.98. The van der Waals surface area contributed by atoms with Crippen molar-refractivity contribution in [2.24, 2.45) is 0 Å². The first-order valence-electron chi connectivity index (χ1n) is 7.59. The summed E-state index contributed by atoms with van der Waals surface area (Å²) >= 11 is 0. The van der Waals surface area contributed by atoms with Crippen molar-refractivity contribution in [1.82, 2.24) is 15.2 Å². The molecule has 0 amide bonds. The molecule has 0 saturated heterocycles. The van der Waals surface area contributed by atoms with Gasteiger partial charge in [-0.3, -0.25) is 0 Å². The van der Waals surface area contributed by atoms with Gasteiger partial charge < -0.3 is 15.4 Å². The van der Waals surface area contributed by atoms with Crippen LogP contribution in [-0.2, 0) is 0 Å². The molecule has 2 aromatic carbocycles. The van der Waals surface area contributed by atoms with E-state index in [9.17, 15) is 0 Å². The minimum Gasteiger partial charge on any atom is -0.495 e. The van der Waals surface area contributed by atoms with Crippen LogP contribution < -0.4 is 15.4 Å². The summed E-state index contributed by atoms with van der Waals surface area (Å²) in [7, 11) is 1.64. The SMILES string of the molecule is COc1ccc(C)cc1Nc1cnnc(Nc2ccc(C)cc2)n1. The van der Waals surface area contributed by atoms with Gasteiger partial charge in [0.15, 0.2) is 5.82 Å². The van der Waals surface area contributed by atoms with Crippen LogP contribution in [0.15, 0.2) is 48.7 Å². The van der Waals surface area contributed by atoms with Crippen molar-refractivity contribution < 1.29 is 4.74 Å². The Morgan fingerprint density at radius 3 is 2.42 bits per heavy atom. The number of hydrogen-bond donors (Lipinski definition) is 2. The maximum absolute atomic E-state index is 5.37. The Bertz CT molecular complexity index is 833. The van der Waals surface area contributed by atoms with E-state index < -0.39 is 0 Å². The number of benzene rings is 2. The van der Waals surface area contributed by atoms with Gasteiger partial charge in [-0.1, -0.05) is 23.8 Å². The summed E-state index contributed by atoms with van der Waals surface area (Å²) in [5, 5.41) is 14.4. The van der Waals surface area contributed by atoms with E-state index in [1.54, 1.807) is 13.3 Å². The Kier molecular flexibility index (Phi) is 4.56. The molecule has 0 bridgehead atoms. The summed E-state index contributed by atoms with van der Waals surface area (Å²) in [4.78, 5) is 4.44. The van der Waals surface area contributed by atoms with Crippen molar-refractivity contribution in [3.05, 3.63) is 59.8 Å². The largest absolute Gasteiger partial charge is 0.495 e. The lowest BCUT2D eigenvalue weighted by Crippen LogP contribution is -2.03. The molecule has 0 aliphatic heterocycles. The molecule has 3 rings (SSSR count). The van der Waals surface area contributed by atoms with E-state index in [0.29, 0.717) is 11.8 Å². The van der Waals surface area contributed by atoms with Crippen LogP contribution in [0.4, 0.5) is 23.1 Å². The van der Waals surface area contributed by atoms with Crippen molar-refractivity contribution >= 4 is 23.1 Å². The van der Waals surface area contributed by atoms with E-state index >= 15 is 0 Å². The average molecular weight is 321 g/mol. The fraction of sp³-hybridized carbons (Fsp3) is 0.167. The summed E-state index contributed by atoms with van der Waals surface area (Å²) in [5.41, 5.74) is 4.06. The molecular formula is C18H19N5O. The van der Waals surface area contributed by atoms with Crippen LogP contribution in [0.1, 0.15) is 11.1 Å². The van der Waals surface area contributed by atoms with Crippen molar-refractivity contribution in [2.45, 2.75) is 13.8 Å². The number of aryl methyl sites for hydroxylation is 2. The monoisotopic (exact) mass is 321 g/mol. The van der Waals surface area contributed by atoms with Gasteiger partial charge >= 0.3 is 0 Å². The normalized spacial score (nSPS) is 10.3. The minimum atomic E-state index is 0.426. The highest BCUT2D eigenvalue weighted by Crippen LogP contribution is 2.28. The van der Waals surface area contributed by atoms with Crippen LogP contribution in [0.3, 0.4) is 0 Å². The predicted molar refractivity (Wildman–Crippen MR) is 95.3 cm³/mol. The molecule has 0 aliphatic carbocycles.